The van der Waals surface area contributed by atoms with Crippen LogP contribution in [0.5, 0.6) is 0 Å². The van der Waals surface area contributed by atoms with Crippen LogP contribution in [0.25, 0.3) is 0 Å². The lowest BCUT2D eigenvalue weighted by molar-refractivity contribution is 0.0697. The number of pyridine rings is 1. The van der Waals surface area contributed by atoms with Gasteiger partial charge in [0.2, 0.25) is 0 Å². The van der Waals surface area contributed by atoms with Crippen LogP contribution in [0.3, 0.4) is 0 Å². The molecule has 0 fully saturated rings. The number of nitrogens with one attached hydrogen (secondary N) is 1. The highest BCUT2D eigenvalue weighted by atomic mass is 16.5. The molecule has 1 aromatic rings. The molecular formula is C11H16N2O3. The number of hydrogen-bond acceptors (Lipinski definition) is 4. The Morgan fingerprint density at radius 3 is 2.88 bits per heavy atom. The molecule has 88 valence electrons. The second kappa shape index (κ2) is 5.46. The van der Waals surface area contributed by atoms with Crippen LogP contribution in [0.1, 0.15) is 23.0 Å². The fourth-order valence-electron chi connectivity index (χ4n) is 1.19. The number of rotatable bonds is 5. The largest absolute Gasteiger partial charge is 0.478 e. The summed E-state index contributed by atoms with van der Waals surface area (Å²) in [4.78, 5) is 15.1. The molecule has 1 atom stereocenters. The number of aromatic carboxylic acids is 1. The number of methoxy groups -OCH3 is 1. The maximum atomic E-state index is 10.9. The van der Waals surface area contributed by atoms with Crippen molar-refractivity contribution in [1.29, 1.82) is 0 Å². The zero-order chi connectivity index (χ0) is 12.1. The van der Waals surface area contributed by atoms with Crippen LogP contribution in [0, 0.1) is 6.92 Å². The van der Waals surface area contributed by atoms with Crippen molar-refractivity contribution in [2.45, 2.75) is 20.0 Å². The van der Waals surface area contributed by atoms with Gasteiger partial charge in [0.1, 0.15) is 11.4 Å². The first kappa shape index (κ1) is 12.4. The van der Waals surface area contributed by atoms with Gasteiger partial charge in [0.05, 0.1) is 6.10 Å². The molecule has 0 bridgehead atoms. The Kier molecular flexibility index (Phi) is 4.25. The van der Waals surface area contributed by atoms with Gasteiger partial charge < -0.3 is 15.2 Å². The molecule has 16 heavy (non-hydrogen) atoms. The van der Waals surface area contributed by atoms with Gasteiger partial charge >= 0.3 is 5.97 Å². The molecule has 1 unspecified atom stereocenters. The van der Waals surface area contributed by atoms with Gasteiger partial charge in [0.25, 0.3) is 0 Å². The van der Waals surface area contributed by atoms with Gasteiger partial charge in [-0.2, -0.15) is 0 Å². The summed E-state index contributed by atoms with van der Waals surface area (Å²) in [5.41, 5.74) is 0.950. The summed E-state index contributed by atoms with van der Waals surface area (Å²) in [6.07, 6.45) is 0.00366. The second-order valence-electron chi connectivity index (χ2n) is 3.58. The summed E-state index contributed by atoms with van der Waals surface area (Å²) < 4.78 is 5.06. The van der Waals surface area contributed by atoms with E-state index in [-0.39, 0.29) is 11.7 Å². The van der Waals surface area contributed by atoms with Gasteiger partial charge in [0, 0.05) is 19.3 Å². The van der Waals surface area contributed by atoms with Gasteiger partial charge in [-0.15, -0.1) is 0 Å². The molecule has 0 aliphatic heterocycles. The highest BCUT2D eigenvalue weighted by Gasteiger charge is 2.11. The predicted octanol–water partition coefficient (Wildman–Crippen LogP) is 1.54. The van der Waals surface area contributed by atoms with Crippen molar-refractivity contribution in [1.82, 2.24) is 4.98 Å². The highest BCUT2D eigenvalue weighted by Crippen LogP contribution is 2.13. The summed E-state index contributed by atoms with van der Waals surface area (Å²) in [6.45, 7) is 4.23. The molecule has 1 heterocycles. The average molecular weight is 224 g/mol. The molecular weight excluding hydrogens is 208 g/mol. The SMILES string of the molecule is COC(C)CNc1nc(C)ccc1C(=O)O. The summed E-state index contributed by atoms with van der Waals surface area (Å²) in [5.74, 6) is -0.600. The molecule has 0 aliphatic carbocycles. The number of aryl methyl sites for hydroxylation is 1. The van der Waals surface area contributed by atoms with E-state index >= 15 is 0 Å². The molecule has 5 nitrogen and oxygen atoms in total. The molecule has 0 aromatic carbocycles. The minimum Gasteiger partial charge on any atom is -0.478 e. The third-order valence-electron chi connectivity index (χ3n) is 2.22. The predicted molar refractivity (Wildman–Crippen MR) is 60.9 cm³/mol. The van der Waals surface area contributed by atoms with E-state index in [9.17, 15) is 4.79 Å². The van der Waals surface area contributed by atoms with E-state index < -0.39 is 5.97 Å². The van der Waals surface area contributed by atoms with Crippen LogP contribution in [-0.4, -0.2) is 35.8 Å². The maximum Gasteiger partial charge on any atom is 0.339 e. The minimum atomic E-state index is -0.986. The van der Waals surface area contributed by atoms with Crippen LogP contribution >= 0.6 is 0 Å². The van der Waals surface area contributed by atoms with E-state index in [1.165, 1.54) is 0 Å². The van der Waals surface area contributed by atoms with E-state index in [4.69, 9.17) is 9.84 Å². The molecule has 0 amide bonds. The number of anilines is 1. The number of carboxylic acids is 1. The van der Waals surface area contributed by atoms with Crippen molar-refractivity contribution in [3.8, 4) is 0 Å². The monoisotopic (exact) mass is 224 g/mol. The zero-order valence-corrected chi connectivity index (χ0v) is 9.65. The highest BCUT2D eigenvalue weighted by molar-refractivity contribution is 5.93. The van der Waals surface area contributed by atoms with E-state index in [1.54, 1.807) is 19.2 Å². The minimum absolute atomic E-state index is 0.00366. The van der Waals surface area contributed by atoms with Crippen molar-refractivity contribution in [2.75, 3.05) is 19.0 Å². The molecule has 0 saturated carbocycles. The van der Waals surface area contributed by atoms with Crippen LogP contribution in [0.2, 0.25) is 0 Å². The topological polar surface area (TPSA) is 71.5 Å². The Bertz CT molecular complexity index is 379. The van der Waals surface area contributed by atoms with Gasteiger partial charge in [-0.25, -0.2) is 9.78 Å². The van der Waals surface area contributed by atoms with E-state index in [1.807, 2.05) is 13.8 Å². The van der Waals surface area contributed by atoms with E-state index in [0.717, 1.165) is 5.69 Å². The number of ether oxygens (including phenoxy) is 1. The van der Waals surface area contributed by atoms with Crippen molar-refractivity contribution in [3.63, 3.8) is 0 Å². The number of aromatic nitrogens is 1. The Balaban J connectivity index is 2.84. The number of nitrogens with zero attached hydrogens (tertiary/aromatic N) is 1. The first-order chi connectivity index (χ1) is 7.54. The summed E-state index contributed by atoms with van der Waals surface area (Å²) in [7, 11) is 1.61. The quantitative estimate of drug-likeness (QED) is 0.793. The smallest absolute Gasteiger partial charge is 0.339 e. The molecule has 2 N–H and O–H groups in total. The number of carboxylic acid groups (broad SMARTS) is 1. The van der Waals surface area contributed by atoms with Crippen molar-refractivity contribution in [3.05, 3.63) is 23.4 Å². The van der Waals surface area contributed by atoms with Crippen LogP contribution in [-0.2, 0) is 4.74 Å². The Morgan fingerprint density at radius 1 is 1.62 bits per heavy atom. The lowest BCUT2D eigenvalue weighted by atomic mass is 10.2. The van der Waals surface area contributed by atoms with Crippen molar-refractivity contribution < 1.29 is 14.6 Å². The van der Waals surface area contributed by atoms with Crippen molar-refractivity contribution in [2.24, 2.45) is 0 Å². The van der Waals surface area contributed by atoms with E-state index in [0.29, 0.717) is 12.4 Å². The van der Waals surface area contributed by atoms with Gasteiger partial charge in [-0.1, -0.05) is 0 Å². The van der Waals surface area contributed by atoms with Crippen LogP contribution < -0.4 is 5.32 Å². The summed E-state index contributed by atoms with van der Waals surface area (Å²) in [5, 5.41) is 11.9. The van der Waals surface area contributed by atoms with Crippen LogP contribution in [0.4, 0.5) is 5.82 Å². The average Bonchev–Trinajstić information content (AvgIpc) is 2.25. The van der Waals surface area contributed by atoms with E-state index in [2.05, 4.69) is 10.3 Å². The number of hydrogen-bond donors (Lipinski definition) is 2. The fourth-order valence-corrected chi connectivity index (χ4v) is 1.19. The lowest BCUT2D eigenvalue weighted by Gasteiger charge is -2.13. The van der Waals surface area contributed by atoms with Crippen molar-refractivity contribution >= 4 is 11.8 Å². The third kappa shape index (κ3) is 3.20. The lowest BCUT2D eigenvalue weighted by Crippen LogP contribution is -2.20. The molecule has 1 rings (SSSR count). The third-order valence-corrected chi connectivity index (χ3v) is 2.22. The molecule has 5 heteroatoms. The zero-order valence-electron chi connectivity index (χ0n) is 9.65. The molecule has 0 aliphatic rings. The molecule has 0 spiro atoms. The first-order valence-electron chi connectivity index (χ1n) is 5.02. The fraction of sp³-hybridized carbons (Fsp3) is 0.455. The van der Waals surface area contributed by atoms with Gasteiger partial charge in [-0.3, -0.25) is 0 Å². The first-order valence-corrected chi connectivity index (χ1v) is 5.02. The Hall–Kier alpha value is -1.62. The maximum absolute atomic E-state index is 10.9. The summed E-state index contributed by atoms with van der Waals surface area (Å²) >= 11 is 0. The Morgan fingerprint density at radius 2 is 2.31 bits per heavy atom. The van der Waals surface area contributed by atoms with Gasteiger partial charge in [0.15, 0.2) is 0 Å². The molecule has 0 saturated heterocycles. The second-order valence-corrected chi connectivity index (χ2v) is 3.58. The molecule has 0 radical (unpaired) electrons. The van der Waals surface area contributed by atoms with Gasteiger partial charge in [-0.05, 0) is 26.0 Å². The van der Waals surface area contributed by atoms with Crippen LogP contribution in [0.15, 0.2) is 12.1 Å². The number of carbonyl (C=O) groups is 1. The molecule has 1 aromatic heterocycles. The Labute approximate surface area is 94.5 Å². The normalized spacial score (nSPS) is 12.2. The summed E-state index contributed by atoms with van der Waals surface area (Å²) in [6, 6.07) is 3.22. The standard InChI is InChI=1S/C11H16N2O3/c1-7-4-5-9(11(14)15)10(13-7)12-6-8(2)16-3/h4-5,8H,6H2,1-3H3,(H,12,13)(H,14,15).